The normalized spacial score (nSPS) is 24.4. The van der Waals surface area contributed by atoms with Crippen molar-refractivity contribution in [3.63, 3.8) is 0 Å². The zero-order chi connectivity index (χ0) is 17.7. The molecule has 0 aliphatic carbocycles. The van der Waals surface area contributed by atoms with Gasteiger partial charge in [0.25, 0.3) is 0 Å². The van der Waals surface area contributed by atoms with Gasteiger partial charge in [0.05, 0.1) is 6.04 Å². The van der Waals surface area contributed by atoms with Crippen molar-refractivity contribution in [3.05, 3.63) is 0 Å². The highest BCUT2D eigenvalue weighted by Gasteiger charge is 2.34. The largest absolute Gasteiger partial charge is 0.480 e. The van der Waals surface area contributed by atoms with Crippen LogP contribution in [-0.4, -0.2) is 59.5 Å². The number of carboxylic acid groups (broad SMARTS) is 1. The molecule has 2 aliphatic heterocycles. The van der Waals surface area contributed by atoms with E-state index in [2.05, 4.69) is 10.6 Å². The average Bonchev–Trinajstić information content (AvgIpc) is 3.12. The number of amides is 2. The maximum atomic E-state index is 12.4. The zero-order valence-corrected chi connectivity index (χ0v) is 14.6. The summed E-state index contributed by atoms with van der Waals surface area (Å²) in [5.41, 5.74) is 0. The van der Waals surface area contributed by atoms with Gasteiger partial charge in [0.15, 0.2) is 0 Å². The van der Waals surface area contributed by atoms with Gasteiger partial charge in [-0.2, -0.15) is 0 Å². The van der Waals surface area contributed by atoms with E-state index in [1.807, 2.05) is 18.7 Å². The Morgan fingerprint density at radius 3 is 2.42 bits per heavy atom. The molecule has 2 amide bonds. The number of carbonyl (C=O) groups excluding carboxylic acids is 2. The summed E-state index contributed by atoms with van der Waals surface area (Å²) in [6.45, 7) is 5.76. The molecule has 0 unspecified atom stereocenters. The highest BCUT2D eigenvalue weighted by atomic mass is 16.4. The fraction of sp³-hybridized carbons (Fsp3) is 0.824. The van der Waals surface area contributed by atoms with Gasteiger partial charge in [-0.3, -0.25) is 9.59 Å². The molecule has 0 radical (unpaired) electrons. The summed E-state index contributed by atoms with van der Waals surface area (Å²) < 4.78 is 0. The van der Waals surface area contributed by atoms with Crippen LogP contribution in [0.2, 0.25) is 0 Å². The first-order valence-corrected chi connectivity index (χ1v) is 8.99. The molecule has 3 atom stereocenters. The number of carboxylic acids is 1. The van der Waals surface area contributed by atoms with Gasteiger partial charge in [-0.15, -0.1) is 0 Å². The molecule has 0 saturated carbocycles. The quantitative estimate of drug-likeness (QED) is 0.658. The van der Waals surface area contributed by atoms with Crippen molar-refractivity contribution in [1.29, 1.82) is 0 Å². The molecule has 136 valence electrons. The van der Waals surface area contributed by atoms with Crippen LogP contribution in [0.4, 0.5) is 0 Å². The standard InChI is InChI=1S/C17H29N3O4/c1-3-11(2)14(17(23)24)19-15(21)12-6-9-20(10-7-12)16(22)13-5-4-8-18-13/h11-14,18H,3-10H2,1-2H3,(H,19,21)(H,23,24)/t11-,13+,14+/m1/s1. The number of rotatable bonds is 6. The summed E-state index contributed by atoms with van der Waals surface area (Å²) in [6.07, 6.45) is 3.79. The molecule has 7 nitrogen and oxygen atoms in total. The number of hydrogen-bond acceptors (Lipinski definition) is 4. The topological polar surface area (TPSA) is 98.7 Å². The van der Waals surface area contributed by atoms with Gasteiger partial charge in [0, 0.05) is 19.0 Å². The van der Waals surface area contributed by atoms with Crippen LogP contribution in [0.3, 0.4) is 0 Å². The molecule has 0 bridgehead atoms. The SMILES string of the molecule is CC[C@@H](C)[C@H](NC(=O)C1CCN(C(=O)[C@@H]2CCCN2)CC1)C(=O)O. The third-order valence-corrected chi connectivity index (χ3v) is 5.31. The Bertz CT molecular complexity index is 468. The molecular formula is C17H29N3O4. The van der Waals surface area contributed by atoms with Crippen LogP contribution in [-0.2, 0) is 14.4 Å². The van der Waals surface area contributed by atoms with Gasteiger partial charge in [-0.1, -0.05) is 20.3 Å². The van der Waals surface area contributed by atoms with Crippen molar-refractivity contribution in [3.8, 4) is 0 Å². The van der Waals surface area contributed by atoms with Gasteiger partial charge in [-0.05, 0) is 38.1 Å². The lowest BCUT2D eigenvalue weighted by Crippen LogP contribution is -2.51. The number of piperidine rings is 1. The van der Waals surface area contributed by atoms with Crippen LogP contribution in [0.25, 0.3) is 0 Å². The number of likely N-dealkylation sites (tertiary alicyclic amines) is 1. The van der Waals surface area contributed by atoms with Crippen molar-refractivity contribution >= 4 is 17.8 Å². The van der Waals surface area contributed by atoms with Gasteiger partial charge < -0.3 is 20.6 Å². The molecule has 0 aromatic rings. The Morgan fingerprint density at radius 1 is 1.25 bits per heavy atom. The van der Waals surface area contributed by atoms with Crippen LogP contribution in [0, 0.1) is 11.8 Å². The van der Waals surface area contributed by atoms with Gasteiger partial charge in [-0.25, -0.2) is 4.79 Å². The van der Waals surface area contributed by atoms with Crippen molar-refractivity contribution in [1.82, 2.24) is 15.5 Å². The minimum absolute atomic E-state index is 0.0721. The van der Waals surface area contributed by atoms with E-state index in [1.54, 1.807) is 0 Å². The van der Waals surface area contributed by atoms with Crippen molar-refractivity contribution in [2.75, 3.05) is 19.6 Å². The smallest absolute Gasteiger partial charge is 0.326 e. The number of carbonyl (C=O) groups is 3. The number of hydrogen-bond donors (Lipinski definition) is 3. The van der Waals surface area contributed by atoms with Crippen molar-refractivity contribution in [2.45, 2.75) is 58.0 Å². The monoisotopic (exact) mass is 339 g/mol. The van der Waals surface area contributed by atoms with Gasteiger partial charge in [0.2, 0.25) is 11.8 Å². The summed E-state index contributed by atoms with van der Waals surface area (Å²) in [5.74, 6) is -1.38. The van der Waals surface area contributed by atoms with Gasteiger partial charge >= 0.3 is 5.97 Å². The first kappa shape index (κ1) is 18.7. The molecule has 2 aliphatic rings. The summed E-state index contributed by atoms with van der Waals surface area (Å²) in [4.78, 5) is 37.9. The Balaban J connectivity index is 1.83. The lowest BCUT2D eigenvalue weighted by Gasteiger charge is -2.33. The van der Waals surface area contributed by atoms with E-state index in [4.69, 9.17) is 0 Å². The summed E-state index contributed by atoms with van der Waals surface area (Å²) in [6, 6.07) is -0.915. The van der Waals surface area contributed by atoms with Crippen LogP contribution >= 0.6 is 0 Å². The minimum atomic E-state index is -0.988. The first-order valence-electron chi connectivity index (χ1n) is 8.99. The van der Waals surface area contributed by atoms with Crippen molar-refractivity contribution < 1.29 is 19.5 Å². The average molecular weight is 339 g/mol. The summed E-state index contributed by atoms with van der Waals surface area (Å²) in [7, 11) is 0. The molecule has 2 heterocycles. The molecule has 0 spiro atoms. The van der Waals surface area contributed by atoms with E-state index in [9.17, 15) is 19.5 Å². The molecular weight excluding hydrogens is 310 g/mol. The Hall–Kier alpha value is -1.63. The number of nitrogens with one attached hydrogen (secondary N) is 2. The summed E-state index contributed by atoms with van der Waals surface area (Å²) >= 11 is 0. The second kappa shape index (κ2) is 8.46. The Kier molecular flexibility index (Phi) is 6.60. The number of nitrogens with zero attached hydrogens (tertiary/aromatic N) is 1. The molecule has 7 heteroatoms. The second-order valence-electron chi connectivity index (χ2n) is 6.96. The van der Waals surface area contributed by atoms with Gasteiger partial charge in [0.1, 0.15) is 6.04 Å². The third kappa shape index (κ3) is 4.47. The zero-order valence-electron chi connectivity index (χ0n) is 14.6. The van der Waals surface area contributed by atoms with E-state index < -0.39 is 12.0 Å². The Labute approximate surface area is 143 Å². The van der Waals surface area contributed by atoms with E-state index in [1.165, 1.54) is 0 Å². The van der Waals surface area contributed by atoms with Crippen LogP contribution in [0.1, 0.15) is 46.0 Å². The van der Waals surface area contributed by atoms with Crippen LogP contribution in [0.15, 0.2) is 0 Å². The predicted molar refractivity (Wildman–Crippen MR) is 89.4 cm³/mol. The number of aliphatic carboxylic acids is 1. The minimum Gasteiger partial charge on any atom is -0.480 e. The molecule has 0 aromatic carbocycles. The fourth-order valence-corrected chi connectivity index (χ4v) is 3.43. The molecule has 2 rings (SSSR count). The molecule has 0 aromatic heterocycles. The fourth-order valence-electron chi connectivity index (χ4n) is 3.43. The predicted octanol–water partition coefficient (Wildman–Crippen LogP) is 0.593. The second-order valence-corrected chi connectivity index (χ2v) is 6.96. The summed E-state index contributed by atoms with van der Waals surface area (Å²) in [5, 5.41) is 15.2. The van der Waals surface area contributed by atoms with E-state index in [0.29, 0.717) is 32.4 Å². The first-order chi connectivity index (χ1) is 11.4. The maximum Gasteiger partial charge on any atom is 0.326 e. The van der Waals surface area contributed by atoms with Crippen LogP contribution in [0.5, 0.6) is 0 Å². The molecule has 24 heavy (non-hydrogen) atoms. The molecule has 2 fully saturated rings. The Morgan fingerprint density at radius 2 is 1.92 bits per heavy atom. The molecule has 2 saturated heterocycles. The van der Waals surface area contributed by atoms with Crippen LogP contribution < -0.4 is 10.6 Å². The third-order valence-electron chi connectivity index (χ3n) is 5.31. The highest BCUT2D eigenvalue weighted by molar-refractivity contribution is 5.86. The molecule has 3 N–H and O–H groups in total. The van der Waals surface area contributed by atoms with E-state index in [0.717, 1.165) is 19.4 Å². The lowest BCUT2D eigenvalue weighted by molar-refractivity contribution is -0.144. The highest BCUT2D eigenvalue weighted by Crippen LogP contribution is 2.20. The lowest BCUT2D eigenvalue weighted by atomic mass is 9.93. The van der Waals surface area contributed by atoms with E-state index in [-0.39, 0.29) is 29.7 Å². The maximum absolute atomic E-state index is 12.4. The van der Waals surface area contributed by atoms with E-state index >= 15 is 0 Å². The van der Waals surface area contributed by atoms with Crippen molar-refractivity contribution in [2.24, 2.45) is 11.8 Å².